The fourth-order valence-electron chi connectivity index (χ4n) is 2.43. The van der Waals surface area contributed by atoms with Gasteiger partial charge in [-0.3, -0.25) is 19.7 Å². The molecule has 142 valence electrons. The van der Waals surface area contributed by atoms with Gasteiger partial charge in [-0.25, -0.2) is 4.39 Å². The van der Waals surface area contributed by atoms with Crippen LogP contribution in [0.15, 0.2) is 42.5 Å². The second-order valence-electron chi connectivity index (χ2n) is 5.90. The van der Waals surface area contributed by atoms with Crippen LogP contribution in [0.1, 0.15) is 22.8 Å². The predicted molar refractivity (Wildman–Crippen MR) is 97.9 cm³/mol. The van der Waals surface area contributed by atoms with E-state index in [0.717, 1.165) is 6.07 Å². The molecule has 0 aliphatic rings. The highest BCUT2D eigenvalue weighted by molar-refractivity contribution is 6.31. The van der Waals surface area contributed by atoms with Gasteiger partial charge in [-0.15, -0.1) is 0 Å². The number of amides is 2. The van der Waals surface area contributed by atoms with Crippen molar-refractivity contribution in [2.45, 2.75) is 19.5 Å². The molecule has 2 amide bonds. The average molecular weight is 394 g/mol. The summed E-state index contributed by atoms with van der Waals surface area (Å²) in [6.45, 7) is 1.40. The Hall–Kier alpha value is -3.00. The lowest BCUT2D eigenvalue weighted by atomic mass is 10.1. The number of carbonyl (C=O) groups is 2. The molecule has 0 saturated heterocycles. The van der Waals surface area contributed by atoms with Gasteiger partial charge in [0.25, 0.3) is 11.6 Å². The summed E-state index contributed by atoms with van der Waals surface area (Å²) < 4.78 is 13.9. The summed E-state index contributed by atoms with van der Waals surface area (Å²) in [4.78, 5) is 36.1. The average Bonchev–Trinajstić information content (AvgIpc) is 2.64. The fraction of sp³-hybridized carbons (Fsp3) is 0.222. The van der Waals surface area contributed by atoms with Crippen LogP contribution in [0.25, 0.3) is 0 Å². The van der Waals surface area contributed by atoms with Crippen molar-refractivity contribution in [1.82, 2.24) is 10.2 Å². The second kappa shape index (κ2) is 8.59. The number of hydrogen-bond acceptors (Lipinski definition) is 4. The molecule has 9 heteroatoms. The molecule has 2 aromatic carbocycles. The number of nitrogens with one attached hydrogen (secondary N) is 1. The number of likely N-dealkylation sites (N-methyl/N-ethyl adjacent to an activating group) is 1. The molecule has 2 aromatic rings. The van der Waals surface area contributed by atoms with E-state index in [-0.39, 0.29) is 28.4 Å². The zero-order valence-corrected chi connectivity index (χ0v) is 15.4. The minimum Gasteiger partial charge on any atom is -0.341 e. The highest BCUT2D eigenvalue weighted by atomic mass is 35.5. The first-order valence-corrected chi connectivity index (χ1v) is 8.31. The summed E-state index contributed by atoms with van der Waals surface area (Å²) in [5.41, 5.74) is 0.00354. The van der Waals surface area contributed by atoms with Gasteiger partial charge in [-0.05, 0) is 25.1 Å². The normalized spacial score (nSPS) is 11.6. The summed E-state index contributed by atoms with van der Waals surface area (Å²) in [5, 5.41) is 13.5. The lowest BCUT2D eigenvalue weighted by molar-refractivity contribution is -0.384. The van der Waals surface area contributed by atoms with Crippen LogP contribution in [0.3, 0.4) is 0 Å². The van der Waals surface area contributed by atoms with Crippen LogP contribution in [0, 0.1) is 15.9 Å². The van der Waals surface area contributed by atoms with Crippen molar-refractivity contribution in [3.8, 4) is 0 Å². The largest absolute Gasteiger partial charge is 0.341 e. The van der Waals surface area contributed by atoms with E-state index in [1.165, 1.54) is 55.3 Å². The number of carbonyl (C=O) groups excluding carboxylic acids is 2. The van der Waals surface area contributed by atoms with Crippen LogP contribution in [0.5, 0.6) is 0 Å². The number of nitro groups is 1. The molecule has 0 heterocycles. The summed E-state index contributed by atoms with van der Waals surface area (Å²) in [5.74, 6) is -1.62. The predicted octanol–water partition coefficient (Wildman–Crippen LogP) is 3.16. The molecule has 0 radical (unpaired) electrons. The first-order valence-electron chi connectivity index (χ1n) is 7.94. The maximum absolute atomic E-state index is 13.9. The van der Waals surface area contributed by atoms with Gasteiger partial charge in [-0.2, -0.15) is 0 Å². The van der Waals surface area contributed by atoms with E-state index in [0.29, 0.717) is 0 Å². The van der Waals surface area contributed by atoms with Gasteiger partial charge in [0.15, 0.2) is 0 Å². The minimum absolute atomic E-state index is 0.0589. The van der Waals surface area contributed by atoms with Crippen molar-refractivity contribution in [1.29, 1.82) is 0 Å². The number of benzene rings is 2. The van der Waals surface area contributed by atoms with Crippen LogP contribution in [-0.2, 0) is 11.3 Å². The number of halogens is 2. The first kappa shape index (κ1) is 20.3. The molecule has 0 bridgehead atoms. The van der Waals surface area contributed by atoms with Crippen molar-refractivity contribution in [2.75, 3.05) is 7.05 Å². The molecule has 1 N–H and O–H groups in total. The zero-order valence-electron chi connectivity index (χ0n) is 14.6. The maximum atomic E-state index is 13.9. The molecule has 7 nitrogen and oxygen atoms in total. The molecule has 1 atom stereocenters. The Morgan fingerprint density at radius 3 is 2.59 bits per heavy atom. The zero-order chi connectivity index (χ0) is 20.1. The number of rotatable bonds is 6. The number of nitrogens with zero attached hydrogens (tertiary/aromatic N) is 2. The molecular formula is C18H17ClFN3O4. The summed E-state index contributed by atoms with van der Waals surface area (Å²) in [6, 6.07) is 8.47. The van der Waals surface area contributed by atoms with E-state index in [4.69, 9.17) is 11.6 Å². The van der Waals surface area contributed by atoms with Crippen molar-refractivity contribution in [3.05, 3.63) is 74.5 Å². The molecule has 27 heavy (non-hydrogen) atoms. The van der Waals surface area contributed by atoms with Crippen molar-refractivity contribution in [2.24, 2.45) is 0 Å². The van der Waals surface area contributed by atoms with Crippen molar-refractivity contribution < 1.29 is 18.9 Å². The van der Waals surface area contributed by atoms with Gasteiger partial charge in [0, 0.05) is 41.9 Å². The number of nitro benzene ring substituents is 1. The Balaban J connectivity index is 2.05. The van der Waals surface area contributed by atoms with E-state index in [2.05, 4.69) is 5.32 Å². The lowest BCUT2D eigenvalue weighted by Crippen LogP contribution is -2.45. The summed E-state index contributed by atoms with van der Waals surface area (Å²) in [7, 11) is 1.46. The van der Waals surface area contributed by atoms with Crippen molar-refractivity contribution in [3.63, 3.8) is 0 Å². The van der Waals surface area contributed by atoms with E-state index in [9.17, 15) is 24.1 Å². The van der Waals surface area contributed by atoms with E-state index >= 15 is 0 Å². The molecule has 2 rings (SSSR count). The standard InChI is InChI=1S/C18H17ClFN3O4/c1-11(21-17(24)12-5-3-6-13(9-12)23(26)27)18(25)22(2)10-14-15(19)7-4-8-16(14)20/h3-9,11H,10H2,1-2H3,(H,21,24). The Morgan fingerprint density at radius 1 is 1.30 bits per heavy atom. The molecule has 0 fully saturated rings. The molecule has 0 aliphatic carbocycles. The lowest BCUT2D eigenvalue weighted by Gasteiger charge is -2.23. The van der Waals surface area contributed by atoms with Crippen LogP contribution >= 0.6 is 11.6 Å². The van der Waals surface area contributed by atoms with Gasteiger partial charge < -0.3 is 10.2 Å². The highest BCUT2D eigenvalue weighted by Gasteiger charge is 2.22. The molecule has 1 unspecified atom stereocenters. The third kappa shape index (κ3) is 5.01. The van der Waals surface area contributed by atoms with Crippen LogP contribution in [0.4, 0.5) is 10.1 Å². The van der Waals surface area contributed by atoms with Crippen LogP contribution in [-0.4, -0.2) is 34.7 Å². The number of hydrogen-bond donors (Lipinski definition) is 1. The summed E-state index contributed by atoms with van der Waals surface area (Å²) >= 11 is 5.96. The first-order chi connectivity index (χ1) is 12.7. The second-order valence-corrected chi connectivity index (χ2v) is 6.30. The summed E-state index contributed by atoms with van der Waals surface area (Å²) in [6.07, 6.45) is 0. The van der Waals surface area contributed by atoms with Gasteiger partial charge in [0.05, 0.1) is 4.92 Å². The highest BCUT2D eigenvalue weighted by Crippen LogP contribution is 2.20. The monoisotopic (exact) mass is 393 g/mol. The van der Waals surface area contributed by atoms with E-state index < -0.39 is 28.6 Å². The van der Waals surface area contributed by atoms with Gasteiger partial charge in [-0.1, -0.05) is 23.7 Å². The van der Waals surface area contributed by atoms with Crippen LogP contribution in [0.2, 0.25) is 5.02 Å². The Kier molecular flexibility index (Phi) is 6.46. The molecule has 0 saturated carbocycles. The van der Waals surface area contributed by atoms with Gasteiger partial charge in [0.2, 0.25) is 5.91 Å². The van der Waals surface area contributed by atoms with Crippen LogP contribution < -0.4 is 5.32 Å². The molecule has 0 aromatic heterocycles. The fourth-order valence-corrected chi connectivity index (χ4v) is 2.65. The topological polar surface area (TPSA) is 92.5 Å². The third-order valence-corrected chi connectivity index (χ3v) is 4.22. The van der Waals surface area contributed by atoms with Gasteiger partial charge >= 0.3 is 0 Å². The van der Waals surface area contributed by atoms with E-state index in [1.54, 1.807) is 0 Å². The SMILES string of the molecule is CC(NC(=O)c1cccc([N+](=O)[O-])c1)C(=O)N(C)Cc1c(F)cccc1Cl. The Labute approximate surface area is 159 Å². The number of non-ortho nitro benzene ring substituents is 1. The smallest absolute Gasteiger partial charge is 0.270 e. The molecular weight excluding hydrogens is 377 g/mol. The third-order valence-electron chi connectivity index (χ3n) is 3.87. The van der Waals surface area contributed by atoms with E-state index in [1.807, 2.05) is 0 Å². The molecule has 0 aliphatic heterocycles. The van der Waals surface area contributed by atoms with Crippen molar-refractivity contribution >= 4 is 29.1 Å². The maximum Gasteiger partial charge on any atom is 0.270 e. The quantitative estimate of drug-likeness (QED) is 0.602. The molecule has 0 spiro atoms. The van der Waals surface area contributed by atoms with Gasteiger partial charge in [0.1, 0.15) is 11.9 Å². The Bertz CT molecular complexity index is 870. The minimum atomic E-state index is -0.924. The Morgan fingerprint density at radius 2 is 1.96 bits per heavy atom.